The van der Waals surface area contributed by atoms with E-state index in [-0.39, 0.29) is 11.6 Å². The monoisotopic (exact) mass is 692 g/mol. The van der Waals surface area contributed by atoms with Crippen molar-refractivity contribution in [1.29, 1.82) is 0 Å². The van der Waals surface area contributed by atoms with E-state index in [1.54, 1.807) is 0 Å². The van der Waals surface area contributed by atoms with Gasteiger partial charge in [0.1, 0.15) is 6.10 Å². The SMILES string of the molecule is CC1(C)O[C@H]2O[C@H](COCc3ccccc3)[C@H](OC(=O)/C=C/c3ccccc3CCO[Si](c3ccccc3)(c3ccccc3)C(C)(C)C)[C@H]2O1. The van der Waals surface area contributed by atoms with Gasteiger partial charge < -0.3 is 28.1 Å². The minimum Gasteiger partial charge on any atom is -0.453 e. The van der Waals surface area contributed by atoms with Crippen LogP contribution in [0.2, 0.25) is 5.04 Å². The molecule has 0 aromatic heterocycles. The largest absolute Gasteiger partial charge is 0.453 e. The summed E-state index contributed by atoms with van der Waals surface area (Å²) in [6.07, 6.45) is 1.54. The first-order valence-electron chi connectivity index (χ1n) is 17.4. The lowest BCUT2D eigenvalue weighted by molar-refractivity contribution is -0.223. The van der Waals surface area contributed by atoms with Crippen LogP contribution in [0.4, 0.5) is 0 Å². The smallest absolute Gasteiger partial charge is 0.331 e. The number of fused-ring (bicyclic) bond motifs is 1. The molecule has 4 aromatic rings. The Morgan fingerprint density at radius 1 is 0.820 bits per heavy atom. The van der Waals surface area contributed by atoms with Gasteiger partial charge in [-0.15, -0.1) is 0 Å². The fraction of sp³-hybridized carbons (Fsp3) is 0.357. The second-order valence-electron chi connectivity index (χ2n) is 14.3. The molecular weight excluding hydrogens is 645 g/mol. The van der Waals surface area contributed by atoms with Crippen molar-refractivity contribution in [2.75, 3.05) is 13.2 Å². The predicted octanol–water partition coefficient (Wildman–Crippen LogP) is 6.82. The van der Waals surface area contributed by atoms with Crippen molar-refractivity contribution >= 4 is 30.7 Å². The number of carbonyl (C=O) groups is 1. The zero-order valence-electron chi connectivity index (χ0n) is 29.6. The molecule has 2 fully saturated rings. The van der Waals surface area contributed by atoms with Gasteiger partial charge in [0.25, 0.3) is 8.32 Å². The number of carbonyl (C=O) groups excluding carboxylic acids is 1. The highest BCUT2D eigenvalue weighted by Crippen LogP contribution is 2.39. The molecule has 0 unspecified atom stereocenters. The number of benzene rings is 4. The van der Waals surface area contributed by atoms with E-state index < -0.39 is 44.7 Å². The van der Waals surface area contributed by atoms with Gasteiger partial charge in [-0.25, -0.2) is 4.79 Å². The summed E-state index contributed by atoms with van der Waals surface area (Å²) in [5.74, 6) is -1.33. The molecule has 2 saturated heterocycles. The summed E-state index contributed by atoms with van der Waals surface area (Å²) in [4.78, 5) is 13.3. The Morgan fingerprint density at radius 3 is 2.06 bits per heavy atom. The number of hydrogen-bond acceptors (Lipinski definition) is 7. The van der Waals surface area contributed by atoms with Crippen molar-refractivity contribution in [3.05, 3.63) is 138 Å². The molecule has 0 bridgehead atoms. The predicted molar refractivity (Wildman–Crippen MR) is 197 cm³/mol. The molecular formula is C42H48O7Si. The van der Waals surface area contributed by atoms with Gasteiger partial charge in [-0.3, -0.25) is 0 Å². The van der Waals surface area contributed by atoms with Crippen LogP contribution >= 0.6 is 0 Å². The van der Waals surface area contributed by atoms with E-state index in [1.165, 1.54) is 16.4 Å². The highest BCUT2D eigenvalue weighted by Gasteiger charge is 2.56. The molecule has 0 saturated carbocycles. The fourth-order valence-electron chi connectivity index (χ4n) is 7.02. The van der Waals surface area contributed by atoms with Gasteiger partial charge in [0.15, 0.2) is 24.3 Å². The van der Waals surface area contributed by atoms with Gasteiger partial charge in [0.2, 0.25) is 0 Å². The van der Waals surface area contributed by atoms with Crippen LogP contribution in [0.25, 0.3) is 6.08 Å². The van der Waals surface area contributed by atoms with Crippen molar-refractivity contribution < 1.29 is 32.9 Å². The number of ether oxygens (including phenoxy) is 5. The molecule has 6 rings (SSSR count). The molecule has 0 N–H and O–H groups in total. The lowest BCUT2D eigenvalue weighted by Crippen LogP contribution is -2.66. The Bertz CT molecular complexity index is 1680. The lowest BCUT2D eigenvalue weighted by Gasteiger charge is -2.43. The molecule has 50 heavy (non-hydrogen) atoms. The van der Waals surface area contributed by atoms with E-state index in [0.717, 1.165) is 16.7 Å². The Morgan fingerprint density at radius 2 is 1.42 bits per heavy atom. The number of hydrogen-bond donors (Lipinski definition) is 0. The van der Waals surface area contributed by atoms with Crippen molar-refractivity contribution in [1.82, 2.24) is 0 Å². The van der Waals surface area contributed by atoms with Gasteiger partial charge in [-0.05, 0) is 58.4 Å². The van der Waals surface area contributed by atoms with Crippen LogP contribution in [0.1, 0.15) is 51.3 Å². The standard InChI is InChI=1S/C42H48O7Si/c1-41(2,3)50(34-21-11-7-12-22-34,35-23-13-8-14-24-35)45-28-27-33-20-16-15-19-32(33)25-26-37(43)47-38-36(30-44-29-31-17-9-6-10-18-31)46-40-39(38)48-42(4,5)49-40/h6-26,36,38-40H,27-30H2,1-5H3/b26-25+/t36-,38+,39-,40-/m1/s1. The lowest BCUT2D eigenvalue weighted by atomic mass is 10.0. The number of rotatable bonds is 13. The van der Waals surface area contributed by atoms with Crippen LogP contribution < -0.4 is 10.4 Å². The van der Waals surface area contributed by atoms with Gasteiger partial charge in [0, 0.05) is 12.7 Å². The molecule has 2 heterocycles. The molecule has 4 atom stereocenters. The van der Waals surface area contributed by atoms with E-state index in [4.69, 9.17) is 28.1 Å². The minimum atomic E-state index is -2.67. The average molecular weight is 693 g/mol. The van der Waals surface area contributed by atoms with Crippen molar-refractivity contribution in [3.63, 3.8) is 0 Å². The van der Waals surface area contributed by atoms with Crippen LogP contribution in [0.15, 0.2) is 121 Å². The molecule has 2 aliphatic heterocycles. The normalized spacial score (nSPS) is 21.7. The zero-order chi connectivity index (χ0) is 35.2. The van der Waals surface area contributed by atoms with E-state index in [0.29, 0.717) is 19.6 Å². The van der Waals surface area contributed by atoms with Gasteiger partial charge in [-0.2, -0.15) is 0 Å². The van der Waals surface area contributed by atoms with Crippen molar-refractivity contribution in [2.24, 2.45) is 0 Å². The van der Waals surface area contributed by atoms with Crippen molar-refractivity contribution in [3.8, 4) is 0 Å². The Balaban J connectivity index is 1.14. The van der Waals surface area contributed by atoms with E-state index in [9.17, 15) is 4.79 Å². The Hall–Kier alpha value is -3.89. The fourth-order valence-corrected chi connectivity index (χ4v) is 11.6. The van der Waals surface area contributed by atoms with Crippen LogP contribution in [0.5, 0.6) is 0 Å². The molecule has 0 amide bonds. The maximum absolute atomic E-state index is 13.3. The topological polar surface area (TPSA) is 72.5 Å². The molecule has 8 heteroatoms. The molecule has 0 aliphatic carbocycles. The summed E-state index contributed by atoms with van der Waals surface area (Å²) in [5, 5.41) is 2.38. The zero-order valence-corrected chi connectivity index (χ0v) is 30.6. The third-order valence-corrected chi connectivity index (χ3v) is 14.3. The first kappa shape index (κ1) is 35.9. The summed E-state index contributed by atoms with van der Waals surface area (Å²) < 4.78 is 37.3. The molecule has 262 valence electrons. The molecule has 7 nitrogen and oxygen atoms in total. The van der Waals surface area contributed by atoms with E-state index >= 15 is 0 Å². The molecule has 2 aliphatic rings. The second kappa shape index (κ2) is 15.6. The Labute approximate surface area is 297 Å². The van der Waals surface area contributed by atoms with Crippen LogP contribution in [-0.4, -0.2) is 57.9 Å². The van der Waals surface area contributed by atoms with Crippen LogP contribution in [0, 0.1) is 0 Å². The van der Waals surface area contributed by atoms with E-state index in [2.05, 4.69) is 87.5 Å². The van der Waals surface area contributed by atoms with E-state index in [1.807, 2.05) is 68.5 Å². The third-order valence-electron chi connectivity index (χ3n) is 9.29. The van der Waals surface area contributed by atoms with Gasteiger partial charge in [0.05, 0.1) is 13.2 Å². The third kappa shape index (κ3) is 8.18. The molecule has 4 aromatic carbocycles. The minimum absolute atomic E-state index is 0.115. The first-order chi connectivity index (χ1) is 24.1. The Kier molecular flexibility index (Phi) is 11.2. The van der Waals surface area contributed by atoms with Crippen LogP contribution in [0.3, 0.4) is 0 Å². The van der Waals surface area contributed by atoms with Gasteiger partial charge >= 0.3 is 5.97 Å². The maximum atomic E-state index is 13.3. The molecule has 0 radical (unpaired) electrons. The van der Waals surface area contributed by atoms with Gasteiger partial charge in [-0.1, -0.05) is 136 Å². The highest BCUT2D eigenvalue weighted by atomic mass is 28.4. The maximum Gasteiger partial charge on any atom is 0.331 e. The first-order valence-corrected chi connectivity index (χ1v) is 19.3. The average Bonchev–Trinajstić information content (AvgIpc) is 3.57. The second-order valence-corrected chi connectivity index (χ2v) is 18.6. The summed E-state index contributed by atoms with van der Waals surface area (Å²) in [6.45, 7) is 11.7. The highest BCUT2D eigenvalue weighted by molar-refractivity contribution is 6.99. The quantitative estimate of drug-likeness (QED) is 0.0865. The summed E-state index contributed by atoms with van der Waals surface area (Å²) >= 11 is 0. The van der Waals surface area contributed by atoms with Crippen LogP contribution in [-0.2, 0) is 45.9 Å². The molecule has 0 spiro atoms. The number of esters is 1. The summed E-state index contributed by atoms with van der Waals surface area (Å²) in [5.41, 5.74) is 3.06. The summed E-state index contributed by atoms with van der Waals surface area (Å²) in [6, 6.07) is 39.3. The van der Waals surface area contributed by atoms with Crippen molar-refractivity contribution in [2.45, 2.75) is 83.1 Å². The summed E-state index contributed by atoms with van der Waals surface area (Å²) in [7, 11) is -2.67.